The van der Waals surface area contributed by atoms with Crippen LogP contribution in [0.15, 0.2) is 0 Å². The largest absolute Gasteiger partial charge is 0.503 e. The minimum Gasteiger partial charge on any atom is -0.450 e. The maximum absolute atomic E-state index is 11.9. The molecule has 8 nitrogen and oxygen atoms in total. The molecular formula is C18H33NO7. The van der Waals surface area contributed by atoms with Gasteiger partial charge < -0.3 is 25.0 Å². The van der Waals surface area contributed by atoms with E-state index in [1.54, 1.807) is 20.8 Å². The molecule has 0 radical (unpaired) electrons. The van der Waals surface area contributed by atoms with Crippen molar-refractivity contribution >= 4 is 18.2 Å². The number of hydrogen-bond acceptors (Lipinski definition) is 5. The van der Waals surface area contributed by atoms with E-state index in [1.807, 2.05) is 13.8 Å². The maximum atomic E-state index is 11.9. The molecule has 1 aliphatic carbocycles. The number of nitrogens with one attached hydrogen (secondary N) is 1. The van der Waals surface area contributed by atoms with E-state index < -0.39 is 24.0 Å². The van der Waals surface area contributed by atoms with Crippen LogP contribution in [0.2, 0.25) is 0 Å². The number of carbonyl (C=O) groups is 3. The second-order valence-corrected chi connectivity index (χ2v) is 7.84. The summed E-state index contributed by atoms with van der Waals surface area (Å²) in [4.78, 5) is 32.4. The lowest BCUT2D eigenvalue weighted by molar-refractivity contribution is -0.184. The van der Waals surface area contributed by atoms with Gasteiger partial charge in [-0.15, -0.1) is 0 Å². The normalized spacial score (nSPS) is 16.1. The first-order chi connectivity index (χ1) is 11.9. The molecule has 3 N–H and O–H groups in total. The Morgan fingerprint density at radius 3 is 1.96 bits per heavy atom. The van der Waals surface area contributed by atoms with Gasteiger partial charge in [-0.05, 0) is 39.5 Å². The van der Waals surface area contributed by atoms with Gasteiger partial charge in [-0.2, -0.15) is 0 Å². The van der Waals surface area contributed by atoms with Gasteiger partial charge in [0.05, 0.1) is 5.41 Å². The average molecular weight is 375 g/mol. The summed E-state index contributed by atoms with van der Waals surface area (Å²) < 4.78 is 10.6. The molecule has 0 bridgehead atoms. The monoisotopic (exact) mass is 375 g/mol. The first-order valence-electron chi connectivity index (χ1n) is 9.01. The second kappa shape index (κ2) is 11.6. The summed E-state index contributed by atoms with van der Waals surface area (Å²) in [7, 11) is 0. The molecular weight excluding hydrogens is 342 g/mol. The number of hydrogen-bond donors (Lipinski definition) is 3. The summed E-state index contributed by atoms with van der Waals surface area (Å²) >= 11 is 0. The highest BCUT2D eigenvalue weighted by Gasteiger charge is 2.30. The van der Waals surface area contributed by atoms with Gasteiger partial charge in [-0.25, -0.2) is 9.59 Å². The summed E-state index contributed by atoms with van der Waals surface area (Å²) in [6.07, 6.45) is 2.89. The number of carboxylic acid groups (broad SMARTS) is 2. The summed E-state index contributed by atoms with van der Waals surface area (Å²) in [6.45, 7) is 9.67. The van der Waals surface area contributed by atoms with Crippen LogP contribution in [0.1, 0.15) is 66.7 Å². The van der Waals surface area contributed by atoms with Crippen molar-refractivity contribution in [1.82, 2.24) is 5.32 Å². The van der Waals surface area contributed by atoms with Crippen molar-refractivity contribution in [3.05, 3.63) is 0 Å². The standard InChI is InChI=1S/C17H31NO4.CH2O3/c1-12(2)14(21-15(19)17(3,4)5)22-16(20)18-11-13-9-7-6-8-10-13;2-1(3)4/h12-14H,6-11H2,1-5H3,(H,18,20);(H2,2,3,4). The van der Waals surface area contributed by atoms with Crippen LogP contribution in [0, 0.1) is 17.3 Å². The Labute approximate surface area is 155 Å². The molecule has 0 aromatic heterocycles. The summed E-state index contributed by atoms with van der Waals surface area (Å²) in [5, 5.41) is 16.7. The zero-order valence-electron chi connectivity index (χ0n) is 16.4. The van der Waals surface area contributed by atoms with Crippen molar-refractivity contribution in [2.75, 3.05) is 6.54 Å². The molecule has 1 unspecified atom stereocenters. The molecule has 1 amide bonds. The summed E-state index contributed by atoms with van der Waals surface area (Å²) in [6, 6.07) is 0. The van der Waals surface area contributed by atoms with Crippen molar-refractivity contribution in [3.63, 3.8) is 0 Å². The fraction of sp³-hybridized carbons (Fsp3) is 0.833. The maximum Gasteiger partial charge on any atom is 0.503 e. The number of carbonyl (C=O) groups excluding carboxylic acids is 2. The van der Waals surface area contributed by atoms with Gasteiger partial charge in [0.15, 0.2) is 0 Å². The topological polar surface area (TPSA) is 122 Å². The smallest absolute Gasteiger partial charge is 0.450 e. The molecule has 1 rings (SSSR count). The Hall–Kier alpha value is -1.99. The molecule has 0 aromatic rings. The van der Waals surface area contributed by atoms with Crippen molar-refractivity contribution < 1.29 is 34.1 Å². The highest BCUT2D eigenvalue weighted by molar-refractivity contribution is 5.75. The van der Waals surface area contributed by atoms with Crippen molar-refractivity contribution in [1.29, 1.82) is 0 Å². The Balaban J connectivity index is 0.00000141. The van der Waals surface area contributed by atoms with Crippen LogP contribution >= 0.6 is 0 Å². The molecule has 0 heterocycles. The highest BCUT2D eigenvalue weighted by atomic mass is 16.7. The Morgan fingerprint density at radius 1 is 1.04 bits per heavy atom. The zero-order valence-corrected chi connectivity index (χ0v) is 16.4. The van der Waals surface area contributed by atoms with E-state index in [2.05, 4.69) is 5.32 Å². The number of amides is 1. The van der Waals surface area contributed by atoms with E-state index >= 15 is 0 Å². The van der Waals surface area contributed by atoms with Crippen molar-refractivity contribution in [2.45, 2.75) is 73.0 Å². The van der Waals surface area contributed by atoms with Crippen LogP contribution in [-0.4, -0.2) is 41.3 Å². The van der Waals surface area contributed by atoms with Crippen LogP contribution in [-0.2, 0) is 14.3 Å². The molecule has 1 aliphatic rings. The van der Waals surface area contributed by atoms with Crippen molar-refractivity contribution in [3.8, 4) is 0 Å². The Kier molecular flexibility index (Phi) is 10.7. The van der Waals surface area contributed by atoms with Gasteiger partial charge in [0.25, 0.3) is 6.29 Å². The molecule has 1 saturated carbocycles. The van der Waals surface area contributed by atoms with Crippen LogP contribution < -0.4 is 5.32 Å². The molecule has 152 valence electrons. The molecule has 1 fully saturated rings. The van der Waals surface area contributed by atoms with Crippen LogP contribution in [0.4, 0.5) is 9.59 Å². The molecule has 26 heavy (non-hydrogen) atoms. The lowest BCUT2D eigenvalue weighted by Crippen LogP contribution is -2.38. The fourth-order valence-electron chi connectivity index (χ4n) is 2.34. The van der Waals surface area contributed by atoms with Crippen molar-refractivity contribution in [2.24, 2.45) is 17.3 Å². The third-order valence-corrected chi connectivity index (χ3v) is 3.86. The first kappa shape index (κ1) is 24.0. The minimum atomic E-state index is -1.83. The second-order valence-electron chi connectivity index (χ2n) is 7.84. The lowest BCUT2D eigenvalue weighted by Gasteiger charge is -2.26. The van der Waals surface area contributed by atoms with Gasteiger partial charge >= 0.3 is 18.2 Å². The molecule has 8 heteroatoms. The number of ether oxygens (including phenoxy) is 2. The molecule has 1 atom stereocenters. The third-order valence-electron chi connectivity index (χ3n) is 3.86. The minimum absolute atomic E-state index is 0.0910. The van der Waals surface area contributed by atoms with Crippen LogP contribution in [0.5, 0.6) is 0 Å². The van der Waals surface area contributed by atoms with E-state index in [-0.39, 0.29) is 11.9 Å². The summed E-state index contributed by atoms with van der Waals surface area (Å²) in [5.41, 5.74) is -0.616. The molecule has 0 aromatic carbocycles. The average Bonchev–Trinajstić information content (AvgIpc) is 2.51. The summed E-state index contributed by atoms with van der Waals surface area (Å²) in [5.74, 6) is 0.0777. The van der Waals surface area contributed by atoms with Crippen LogP contribution in [0.25, 0.3) is 0 Å². The number of esters is 1. The van der Waals surface area contributed by atoms with Gasteiger partial charge in [0.2, 0.25) is 0 Å². The van der Waals surface area contributed by atoms with E-state index in [0.29, 0.717) is 12.5 Å². The third kappa shape index (κ3) is 11.5. The van der Waals surface area contributed by atoms with E-state index in [4.69, 9.17) is 24.5 Å². The number of rotatable bonds is 5. The predicted octanol–water partition coefficient (Wildman–Crippen LogP) is 4.09. The van der Waals surface area contributed by atoms with E-state index in [9.17, 15) is 9.59 Å². The quantitative estimate of drug-likeness (QED) is 0.488. The van der Waals surface area contributed by atoms with Gasteiger partial charge in [-0.3, -0.25) is 4.79 Å². The van der Waals surface area contributed by atoms with Crippen LogP contribution in [0.3, 0.4) is 0 Å². The molecule has 0 spiro atoms. The predicted molar refractivity (Wildman–Crippen MR) is 95.9 cm³/mol. The first-order valence-corrected chi connectivity index (χ1v) is 9.01. The SMILES string of the molecule is CC(C)C(OC(=O)NCC1CCCCC1)OC(=O)C(C)(C)C.O=C(O)O. The van der Waals surface area contributed by atoms with E-state index in [1.165, 1.54) is 19.3 Å². The fourth-order valence-corrected chi connectivity index (χ4v) is 2.34. The Bertz CT molecular complexity index is 447. The molecule has 0 saturated heterocycles. The molecule has 0 aliphatic heterocycles. The van der Waals surface area contributed by atoms with Gasteiger partial charge in [0.1, 0.15) is 0 Å². The Morgan fingerprint density at radius 2 is 1.54 bits per heavy atom. The lowest BCUT2D eigenvalue weighted by atomic mass is 9.89. The highest BCUT2D eigenvalue weighted by Crippen LogP contribution is 2.23. The number of alkyl carbamates (subject to hydrolysis) is 1. The zero-order chi connectivity index (χ0) is 20.3. The van der Waals surface area contributed by atoms with Gasteiger partial charge in [-0.1, -0.05) is 33.1 Å². The van der Waals surface area contributed by atoms with Gasteiger partial charge in [0, 0.05) is 12.5 Å². The van der Waals surface area contributed by atoms with E-state index in [0.717, 1.165) is 12.8 Å².